The number of carbonyl (C=O) groups excluding carboxylic acids is 1. The van der Waals surface area contributed by atoms with Gasteiger partial charge in [-0.1, -0.05) is 0 Å². The molecule has 2 N–H and O–H groups in total. The van der Waals surface area contributed by atoms with E-state index in [4.69, 9.17) is 0 Å². The van der Waals surface area contributed by atoms with Crippen LogP contribution in [0.2, 0.25) is 0 Å². The SMILES string of the molecule is Cc1cc(F)cc(NC(=O)NC2CCC2)c1. The molecule has 0 spiro atoms. The average molecular weight is 222 g/mol. The maximum absolute atomic E-state index is 13.0. The maximum atomic E-state index is 13.0. The molecule has 86 valence electrons. The Bertz CT molecular complexity index is 382. The van der Waals surface area contributed by atoms with Crippen molar-refractivity contribution in [2.45, 2.75) is 32.2 Å². The van der Waals surface area contributed by atoms with Crippen LogP contribution in [0.3, 0.4) is 0 Å². The van der Waals surface area contributed by atoms with Gasteiger partial charge >= 0.3 is 6.03 Å². The van der Waals surface area contributed by atoms with Gasteiger partial charge in [0.1, 0.15) is 5.82 Å². The van der Waals surface area contributed by atoms with E-state index in [-0.39, 0.29) is 17.9 Å². The lowest BCUT2D eigenvalue weighted by Crippen LogP contribution is -2.41. The third-order valence-electron chi connectivity index (χ3n) is 2.74. The summed E-state index contributed by atoms with van der Waals surface area (Å²) in [4.78, 5) is 11.5. The zero-order chi connectivity index (χ0) is 11.5. The average Bonchev–Trinajstić information content (AvgIpc) is 2.09. The number of urea groups is 1. The van der Waals surface area contributed by atoms with E-state index in [1.54, 1.807) is 13.0 Å². The van der Waals surface area contributed by atoms with Crippen LogP contribution >= 0.6 is 0 Å². The van der Waals surface area contributed by atoms with Crippen LogP contribution in [0.4, 0.5) is 14.9 Å². The lowest BCUT2D eigenvalue weighted by atomic mass is 9.93. The molecule has 16 heavy (non-hydrogen) atoms. The van der Waals surface area contributed by atoms with E-state index in [2.05, 4.69) is 10.6 Å². The first-order valence-corrected chi connectivity index (χ1v) is 5.48. The second kappa shape index (κ2) is 4.51. The standard InChI is InChI=1S/C12H15FN2O/c1-8-5-9(13)7-11(6-8)15-12(16)14-10-3-2-4-10/h5-7,10H,2-4H2,1H3,(H2,14,15,16). The number of amides is 2. The molecule has 1 aromatic rings. The van der Waals surface area contributed by atoms with Gasteiger partial charge in [0.2, 0.25) is 0 Å². The van der Waals surface area contributed by atoms with E-state index in [0.717, 1.165) is 18.4 Å². The van der Waals surface area contributed by atoms with Gasteiger partial charge in [-0.3, -0.25) is 0 Å². The van der Waals surface area contributed by atoms with Crippen molar-refractivity contribution < 1.29 is 9.18 Å². The Hall–Kier alpha value is -1.58. The van der Waals surface area contributed by atoms with Crippen LogP contribution in [0, 0.1) is 12.7 Å². The predicted molar refractivity (Wildman–Crippen MR) is 60.9 cm³/mol. The van der Waals surface area contributed by atoms with Crippen molar-refractivity contribution in [3.8, 4) is 0 Å². The maximum Gasteiger partial charge on any atom is 0.319 e. The largest absolute Gasteiger partial charge is 0.335 e. The Balaban J connectivity index is 1.94. The fourth-order valence-electron chi connectivity index (χ4n) is 1.71. The number of aryl methyl sites for hydroxylation is 1. The van der Waals surface area contributed by atoms with Gasteiger partial charge in [0.15, 0.2) is 0 Å². The summed E-state index contributed by atoms with van der Waals surface area (Å²) in [6, 6.07) is 4.51. The molecule has 0 unspecified atom stereocenters. The second-order valence-corrected chi connectivity index (χ2v) is 4.24. The molecule has 3 nitrogen and oxygen atoms in total. The molecule has 1 aromatic carbocycles. The lowest BCUT2D eigenvalue weighted by molar-refractivity contribution is 0.240. The molecule has 0 heterocycles. The normalized spacial score (nSPS) is 15.4. The van der Waals surface area contributed by atoms with E-state index < -0.39 is 0 Å². The van der Waals surface area contributed by atoms with Crippen LogP contribution in [0.5, 0.6) is 0 Å². The van der Waals surface area contributed by atoms with Crippen LogP contribution in [0.25, 0.3) is 0 Å². The lowest BCUT2D eigenvalue weighted by Gasteiger charge is -2.26. The minimum Gasteiger partial charge on any atom is -0.335 e. The molecular formula is C12H15FN2O. The molecule has 4 heteroatoms. The Morgan fingerprint density at radius 2 is 2.12 bits per heavy atom. The summed E-state index contributed by atoms with van der Waals surface area (Å²) >= 11 is 0. The number of nitrogens with one attached hydrogen (secondary N) is 2. The zero-order valence-electron chi connectivity index (χ0n) is 9.22. The van der Waals surface area contributed by atoms with Crippen molar-refractivity contribution in [3.63, 3.8) is 0 Å². The first-order chi connectivity index (χ1) is 7.63. The molecule has 0 saturated heterocycles. The summed E-state index contributed by atoms with van der Waals surface area (Å²) in [5, 5.41) is 5.46. The van der Waals surface area contributed by atoms with Gasteiger partial charge in [0.05, 0.1) is 0 Å². The summed E-state index contributed by atoms with van der Waals surface area (Å²) in [5.74, 6) is -0.334. The van der Waals surface area contributed by atoms with Gasteiger partial charge in [-0.2, -0.15) is 0 Å². The van der Waals surface area contributed by atoms with Crippen LogP contribution < -0.4 is 10.6 Å². The van der Waals surface area contributed by atoms with Crippen molar-refractivity contribution in [2.24, 2.45) is 0 Å². The molecule has 0 aliphatic heterocycles. The summed E-state index contributed by atoms with van der Waals surface area (Å²) in [6.45, 7) is 1.79. The summed E-state index contributed by atoms with van der Waals surface area (Å²) in [7, 11) is 0. The molecule has 1 saturated carbocycles. The van der Waals surface area contributed by atoms with Gasteiger partial charge in [-0.25, -0.2) is 9.18 Å². The van der Waals surface area contributed by atoms with Crippen molar-refractivity contribution in [1.82, 2.24) is 5.32 Å². The molecule has 0 bridgehead atoms. The molecule has 0 aromatic heterocycles. The summed E-state index contributed by atoms with van der Waals surface area (Å²) < 4.78 is 13.0. The summed E-state index contributed by atoms with van der Waals surface area (Å²) in [5.41, 5.74) is 1.29. The first kappa shape index (κ1) is 10.9. The number of benzene rings is 1. The smallest absolute Gasteiger partial charge is 0.319 e. The molecule has 1 aliphatic carbocycles. The van der Waals surface area contributed by atoms with E-state index in [0.29, 0.717) is 5.69 Å². The molecular weight excluding hydrogens is 207 g/mol. The Labute approximate surface area is 94.0 Å². The van der Waals surface area contributed by atoms with Gasteiger partial charge in [0, 0.05) is 11.7 Å². The molecule has 0 atom stereocenters. The highest BCUT2D eigenvalue weighted by Gasteiger charge is 2.19. The van der Waals surface area contributed by atoms with Crippen LogP contribution in [0.1, 0.15) is 24.8 Å². The Kier molecular flexibility index (Phi) is 3.08. The fraction of sp³-hybridized carbons (Fsp3) is 0.417. The van der Waals surface area contributed by atoms with Crippen LogP contribution in [0.15, 0.2) is 18.2 Å². The highest BCUT2D eigenvalue weighted by Crippen LogP contribution is 2.18. The molecule has 1 aliphatic rings. The molecule has 0 radical (unpaired) electrons. The fourth-order valence-corrected chi connectivity index (χ4v) is 1.71. The zero-order valence-corrected chi connectivity index (χ0v) is 9.22. The number of hydrogen-bond donors (Lipinski definition) is 2. The molecule has 2 rings (SSSR count). The van der Waals surface area contributed by atoms with Crippen molar-refractivity contribution in [1.29, 1.82) is 0 Å². The highest BCUT2D eigenvalue weighted by molar-refractivity contribution is 5.89. The van der Waals surface area contributed by atoms with Crippen molar-refractivity contribution in [2.75, 3.05) is 5.32 Å². The Morgan fingerprint density at radius 3 is 2.69 bits per heavy atom. The third-order valence-corrected chi connectivity index (χ3v) is 2.74. The van der Waals surface area contributed by atoms with Gasteiger partial charge in [0.25, 0.3) is 0 Å². The molecule has 2 amide bonds. The molecule has 1 fully saturated rings. The topological polar surface area (TPSA) is 41.1 Å². The van der Waals surface area contributed by atoms with Gasteiger partial charge in [-0.05, 0) is 49.9 Å². The second-order valence-electron chi connectivity index (χ2n) is 4.24. The highest BCUT2D eigenvalue weighted by atomic mass is 19.1. The first-order valence-electron chi connectivity index (χ1n) is 5.48. The number of anilines is 1. The van der Waals surface area contributed by atoms with E-state index in [1.807, 2.05) is 0 Å². The van der Waals surface area contributed by atoms with Gasteiger partial charge < -0.3 is 10.6 Å². The quantitative estimate of drug-likeness (QED) is 0.793. The summed E-state index contributed by atoms with van der Waals surface area (Å²) in [6.07, 6.45) is 3.25. The predicted octanol–water partition coefficient (Wildman–Crippen LogP) is 2.81. The van der Waals surface area contributed by atoms with Crippen LogP contribution in [-0.2, 0) is 0 Å². The minimum atomic E-state index is -0.334. The van der Waals surface area contributed by atoms with Crippen molar-refractivity contribution >= 4 is 11.7 Å². The third kappa shape index (κ3) is 2.72. The number of hydrogen-bond acceptors (Lipinski definition) is 1. The number of rotatable bonds is 2. The Morgan fingerprint density at radius 1 is 1.38 bits per heavy atom. The van der Waals surface area contributed by atoms with Gasteiger partial charge in [-0.15, -0.1) is 0 Å². The number of halogens is 1. The van der Waals surface area contributed by atoms with Crippen molar-refractivity contribution in [3.05, 3.63) is 29.6 Å². The van der Waals surface area contributed by atoms with E-state index >= 15 is 0 Å². The van der Waals surface area contributed by atoms with E-state index in [9.17, 15) is 9.18 Å². The van der Waals surface area contributed by atoms with Crippen LogP contribution in [-0.4, -0.2) is 12.1 Å². The monoisotopic (exact) mass is 222 g/mol. The number of carbonyl (C=O) groups is 1. The van der Waals surface area contributed by atoms with E-state index in [1.165, 1.54) is 18.6 Å². The minimum absolute atomic E-state index is 0.255.